The van der Waals surface area contributed by atoms with Crippen molar-refractivity contribution in [3.63, 3.8) is 0 Å². The predicted molar refractivity (Wildman–Crippen MR) is 65.9 cm³/mol. The summed E-state index contributed by atoms with van der Waals surface area (Å²) >= 11 is 0. The van der Waals surface area contributed by atoms with Crippen LogP contribution in [0.3, 0.4) is 0 Å². The number of urea groups is 1. The molecule has 18 heavy (non-hydrogen) atoms. The fourth-order valence-electron chi connectivity index (χ4n) is 1.42. The molecule has 0 bridgehead atoms. The number of nitrogens with one attached hydrogen (secondary N) is 2. The van der Waals surface area contributed by atoms with Gasteiger partial charge in [0.05, 0.1) is 18.7 Å². The summed E-state index contributed by atoms with van der Waals surface area (Å²) in [6.45, 7) is 2.14. The summed E-state index contributed by atoms with van der Waals surface area (Å²) in [7, 11) is 0. The highest BCUT2D eigenvalue weighted by Gasteiger charge is 2.13. The van der Waals surface area contributed by atoms with E-state index in [4.69, 9.17) is 5.11 Å². The number of pyridine rings is 1. The Kier molecular flexibility index (Phi) is 5.63. The average Bonchev–Trinajstić information content (AvgIpc) is 2.36. The number of carbonyl (C=O) groups is 2. The molecule has 0 aliphatic heterocycles. The van der Waals surface area contributed by atoms with Gasteiger partial charge in [-0.1, -0.05) is 13.0 Å². The summed E-state index contributed by atoms with van der Waals surface area (Å²) < 4.78 is 0. The molecule has 0 aliphatic rings. The van der Waals surface area contributed by atoms with Crippen LogP contribution >= 0.6 is 0 Å². The maximum atomic E-state index is 11.5. The summed E-state index contributed by atoms with van der Waals surface area (Å²) in [6, 6.07) is 4.69. The number of hydrogen-bond donors (Lipinski definition) is 3. The first-order chi connectivity index (χ1) is 8.61. The van der Waals surface area contributed by atoms with Gasteiger partial charge in [0.1, 0.15) is 0 Å². The van der Waals surface area contributed by atoms with E-state index in [1.54, 1.807) is 18.3 Å². The second-order valence-electron chi connectivity index (χ2n) is 3.85. The highest BCUT2D eigenvalue weighted by molar-refractivity contribution is 5.75. The van der Waals surface area contributed by atoms with Crippen LogP contribution in [0.15, 0.2) is 24.4 Å². The number of amides is 2. The van der Waals surface area contributed by atoms with E-state index >= 15 is 0 Å². The van der Waals surface area contributed by atoms with Crippen LogP contribution in [0.5, 0.6) is 0 Å². The lowest BCUT2D eigenvalue weighted by Gasteiger charge is -2.15. The second-order valence-corrected chi connectivity index (χ2v) is 3.85. The van der Waals surface area contributed by atoms with Gasteiger partial charge in [-0.25, -0.2) is 4.79 Å². The molecule has 6 nitrogen and oxygen atoms in total. The molecule has 6 heteroatoms. The third kappa shape index (κ3) is 5.29. The molecule has 0 aromatic carbocycles. The van der Waals surface area contributed by atoms with Crippen LogP contribution in [-0.2, 0) is 11.3 Å². The number of carbonyl (C=O) groups excluding carboxylic acids is 1. The van der Waals surface area contributed by atoms with Crippen molar-refractivity contribution in [3.05, 3.63) is 30.1 Å². The summed E-state index contributed by atoms with van der Waals surface area (Å²) in [5.74, 6) is -0.924. The Labute approximate surface area is 105 Å². The van der Waals surface area contributed by atoms with Crippen molar-refractivity contribution < 1.29 is 14.7 Å². The molecule has 2 amide bonds. The number of aliphatic carboxylic acids is 1. The normalized spacial score (nSPS) is 11.6. The zero-order valence-corrected chi connectivity index (χ0v) is 10.2. The minimum atomic E-state index is -0.924. The van der Waals surface area contributed by atoms with E-state index in [9.17, 15) is 9.59 Å². The Balaban J connectivity index is 2.34. The lowest BCUT2D eigenvalue weighted by Crippen LogP contribution is -2.42. The van der Waals surface area contributed by atoms with E-state index in [2.05, 4.69) is 15.6 Å². The Hall–Kier alpha value is -2.11. The number of carboxylic acids is 1. The molecule has 1 unspecified atom stereocenters. The lowest BCUT2D eigenvalue weighted by atomic mass is 10.1. The fourth-order valence-corrected chi connectivity index (χ4v) is 1.42. The van der Waals surface area contributed by atoms with Gasteiger partial charge in [0.15, 0.2) is 0 Å². The predicted octanol–water partition coefficient (Wildman–Crippen LogP) is 1.13. The molecule has 0 spiro atoms. The monoisotopic (exact) mass is 251 g/mol. The van der Waals surface area contributed by atoms with Crippen LogP contribution in [0, 0.1) is 0 Å². The van der Waals surface area contributed by atoms with Gasteiger partial charge in [-0.15, -0.1) is 0 Å². The smallest absolute Gasteiger partial charge is 0.315 e. The van der Waals surface area contributed by atoms with Crippen molar-refractivity contribution in [2.45, 2.75) is 32.4 Å². The zero-order valence-electron chi connectivity index (χ0n) is 10.2. The first-order valence-corrected chi connectivity index (χ1v) is 5.78. The number of aromatic nitrogens is 1. The summed E-state index contributed by atoms with van der Waals surface area (Å²) in [5.41, 5.74) is 0.749. The number of rotatable bonds is 6. The first-order valence-electron chi connectivity index (χ1n) is 5.78. The molecule has 0 aliphatic carbocycles. The lowest BCUT2D eigenvalue weighted by molar-refractivity contribution is -0.137. The van der Waals surface area contributed by atoms with E-state index in [0.29, 0.717) is 13.0 Å². The van der Waals surface area contributed by atoms with E-state index in [-0.39, 0.29) is 18.5 Å². The third-order valence-electron chi connectivity index (χ3n) is 2.41. The van der Waals surface area contributed by atoms with Gasteiger partial charge >= 0.3 is 12.0 Å². The van der Waals surface area contributed by atoms with E-state index < -0.39 is 5.97 Å². The van der Waals surface area contributed by atoms with Crippen molar-refractivity contribution in [3.8, 4) is 0 Å². The van der Waals surface area contributed by atoms with Gasteiger partial charge in [0, 0.05) is 12.2 Å². The molecule has 98 valence electrons. The molecule has 1 aromatic rings. The van der Waals surface area contributed by atoms with Gasteiger partial charge in [0.2, 0.25) is 0 Å². The van der Waals surface area contributed by atoms with Gasteiger partial charge in [-0.05, 0) is 18.6 Å². The Bertz CT molecular complexity index is 395. The molecular formula is C12H17N3O3. The van der Waals surface area contributed by atoms with Crippen molar-refractivity contribution in [2.75, 3.05) is 0 Å². The van der Waals surface area contributed by atoms with Crippen LogP contribution in [0.1, 0.15) is 25.5 Å². The molecule has 1 aromatic heterocycles. The Morgan fingerprint density at radius 2 is 2.22 bits per heavy atom. The van der Waals surface area contributed by atoms with Crippen LogP contribution in [0.2, 0.25) is 0 Å². The SMILES string of the molecule is CCC(CC(=O)O)NC(=O)NCc1ccccn1. The number of nitrogens with zero attached hydrogens (tertiary/aromatic N) is 1. The van der Waals surface area contributed by atoms with Crippen molar-refractivity contribution in [1.82, 2.24) is 15.6 Å². The number of carboxylic acid groups (broad SMARTS) is 1. The highest BCUT2D eigenvalue weighted by atomic mass is 16.4. The molecule has 1 atom stereocenters. The molecule has 1 rings (SSSR count). The summed E-state index contributed by atoms with van der Waals surface area (Å²) in [5, 5.41) is 13.9. The minimum absolute atomic E-state index is 0.0759. The van der Waals surface area contributed by atoms with Crippen LogP contribution in [0.4, 0.5) is 4.79 Å². The highest BCUT2D eigenvalue weighted by Crippen LogP contribution is 1.97. The van der Waals surface area contributed by atoms with Crippen LogP contribution in [0.25, 0.3) is 0 Å². The molecule has 3 N–H and O–H groups in total. The Morgan fingerprint density at radius 3 is 2.78 bits per heavy atom. The maximum Gasteiger partial charge on any atom is 0.315 e. The molecule has 0 fully saturated rings. The van der Waals surface area contributed by atoms with E-state index in [0.717, 1.165) is 5.69 Å². The average molecular weight is 251 g/mol. The quantitative estimate of drug-likeness (QED) is 0.707. The van der Waals surface area contributed by atoms with Gasteiger partial charge in [0.25, 0.3) is 0 Å². The van der Waals surface area contributed by atoms with E-state index in [1.807, 2.05) is 13.0 Å². The standard InChI is InChI=1S/C12H17N3O3/c1-2-9(7-11(16)17)15-12(18)14-8-10-5-3-4-6-13-10/h3-6,9H,2,7-8H2,1H3,(H,16,17)(H2,14,15,18). The molecule has 0 radical (unpaired) electrons. The first kappa shape index (κ1) is 14.0. The molecule has 0 saturated carbocycles. The Morgan fingerprint density at radius 1 is 1.44 bits per heavy atom. The van der Waals surface area contributed by atoms with Crippen LogP contribution < -0.4 is 10.6 Å². The van der Waals surface area contributed by atoms with Gasteiger partial charge in [-0.3, -0.25) is 9.78 Å². The van der Waals surface area contributed by atoms with Crippen molar-refractivity contribution >= 4 is 12.0 Å². The molecule has 0 saturated heterocycles. The topological polar surface area (TPSA) is 91.3 Å². The largest absolute Gasteiger partial charge is 0.481 e. The fraction of sp³-hybridized carbons (Fsp3) is 0.417. The minimum Gasteiger partial charge on any atom is -0.481 e. The summed E-state index contributed by atoms with van der Waals surface area (Å²) in [6.07, 6.45) is 2.14. The molecular weight excluding hydrogens is 234 g/mol. The third-order valence-corrected chi connectivity index (χ3v) is 2.41. The maximum absolute atomic E-state index is 11.5. The van der Waals surface area contributed by atoms with Crippen LogP contribution in [-0.4, -0.2) is 28.1 Å². The molecule has 1 heterocycles. The zero-order chi connectivity index (χ0) is 13.4. The van der Waals surface area contributed by atoms with Crippen molar-refractivity contribution in [1.29, 1.82) is 0 Å². The van der Waals surface area contributed by atoms with E-state index in [1.165, 1.54) is 0 Å². The summed E-state index contributed by atoms with van der Waals surface area (Å²) in [4.78, 5) is 26.1. The number of hydrogen-bond acceptors (Lipinski definition) is 3. The van der Waals surface area contributed by atoms with Gasteiger partial charge < -0.3 is 15.7 Å². The second kappa shape index (κ2) is 7.26. The van der Waals surface area contributed by atoms with Crippen molar-refractivity contribution in [2.24, 2.45) is 0 Å². The van der Waals surface area contributed by atoms with Gasteiger partial charge in [-0.2, -0.15) is 0 Å².